The zero-order valence-electron chi connectivity index (χ0n) is 10.1. The lowest BCUT2D eigenvalue weighted by Crippen LogP contribution is -2.09. The maximum absolute atomic E-state index is 13.7. The molecule has 2 rings (SSSR count). The van der Waals surface area contributed by atoms with E-state index in [1.165, 1.54) is 12.1 Å². The number of benzene rings is 2. The topological polar surface area (TPSA) is 12.0 Å². The minimum Gasteiger partial charge on any atom is -0.374 e. The highest BCUT2D eigenvalue weighted by Crippen LogP contribution is 2.27. The summed E-state index contributed by atoms with van der Waals surface area (Å²) in [4.78, 5) is 0. The van der Waals surface area contributed by atoms with Crippen LogP contribution in [0.4, 0.5) is 14.5 Å². The van der Waals surface area contributed by atoms with E-state index in [2.05, 4.69) is 37.2 Å². The number of hydrogen-bond donors (Lipinski definition) is 1. The van der Waals surface area contributed by atoms with Gasteiger partial charge in [0.1, 0.15) is 17.3 Å². The predicted octanol–water partition coefficient (Wildman–Crippen LogP) is 5.66. The average molecular weight is 391 g/mol. The lowest BCUT2D eigenvalue weighted by molar-refractivity contribution is 0.583. The fourth-order valence-electron chi connectivity index (χ4n) is 1.73. The second-order valence-electron chi connectivity index (χ2n) is 4.16. The third-order valence-corrected chi connectivity index (χ3v) is 3.72. The van der Waals surface area contributed by atoms with Gasteiger partial charge in [0.15, 0.2) is 0 Å². The van der Waals surface area contributed by atoms with Gasteiger partial charge in [-0.25, -0.2) is 8.78 Å². The molecule has 2 aromatic rings. The lowest BCUT2D eigenvalue weighted by Gasteiger charge is -2.17. The number of anilines is 1. The summed E-state index contributed by atoms with van der Waals surface area (Å²) < 4.78 is 28.8. The first-order valence-electron chi connectivity index (χ1n) is 5.64. The Kier molecular flexibility index (Phi) is 4.58. The van der Waals surface area contributed by atoms with Crippen molar-refractivity contribution in [2.45, 2.75) is 13.0 Å². The SMILES string of the molecule is CC(Nc1c(F)cc(Br)cc1F)c1ccc(Br)cc1. The van der Waals surface area contributed by atoms with Crippen molar-refractivity contribution < 1.29 is 8.78 Å². The summed E-state index contributed by atoms with van der Waals surface area (Å²) in [6.45, 7) is 1.85. The minimum atomic E-state index is -0.615. The standard InChI is InChI=1S/C14H11Br2F2N/c1-8(9-2-4-10(15)5-3-9)19-14-12(17)6-11(16)7-13(14)18/h2-8,19H,1H3. The Balaban J connectivity index is 2.24. The molecule has 0 aliphatic heterocycles. The quantitative estimate of drug-likeness (QED) is 0.712. The van der Waals surface area contributed by atoms with Crippen LogP contribution in [-0.2, 0) is 0 Å². The van der Waals surface area contributed by atoms with Gasteiger partial charge in [0, 0.05) is 15.0 Å². The summed E-state index contributed by atoms with van der Waals surface area (Å²) in [7, 11) is 0. The van der Waals surface area contributed by atoms with Crippen LogP contribution in [0.3, 0.4) is 0 Å². The summed E-state index contributed by atoms with van der Waals surface area (Å²) in [5.41, 5.74) is 0.837. The van der Waals surface area contributed by atoms with Crippen LogP contribution in [0.5, 0.6) is 0 Å². The smallest absolute Gasteiger partial charge is 0.150 e. The monoisotopic (exact) mass is 389 g/mol. The molecule has 19 heavy (non-hydrogen) atoms. The Labute approximate surface area is 127 Å². The molecule has 100 valence electrons. The molecule has 0 saturated carbocycles. The number of nitrogens with one attached hydrogen (secondary N) is 1. The van der Waals surface area contributed by atoms with Gasteiger partial charge in [-0.1, -0.05) is 44.0 Å². The Hall–Kier alpha value is -0.940. The molecule has 0 fully saturated rings. The third-order valence-electron chi connectivity index (χ3n) is 2.74. The second-order valence-corrected chi connectivity index (χ2v) is 5.99. The van der Waals surface area contributed by atoms with Crippen molar-refractivity contribution in [3.63, 3.8) is 0 Å². The van der Waals surface area contributed by atoms with Gasteiger partial charge >= 0.3 is 0 Å². The van der Waals surface area contributed by atoms with E-state index in [-0.39, 0.29) is 11.7 Å². The van der Waals surface area contributed by atoms with E-state index in [9.17, 15) is 8.78 Å². The van der Waals surface area contributed by atoms with Gasteiger partial charge in [0.2, 0.25) is 0 Å². The van der Waals surface area contributed by atoms with Crippen molar-refractivity contribution in [1.82, 2.24) is 0 Å². The molecule has 0 saturated heterocycles. The summed E-state index contributed by atoms with van der Waals surface area (Å²) in [6.07, 6.45) is 0. The van der Waals surface area contributed by atoms with Crippen molar-refractivity contribution in [3.05, 3.63) is 62.5 Å². The van der Waals surface area contributed by atoms with Crippen LogP contribution in [0.2, 0.25) is 0 Å². The molecule has 0 radical (unpaired) electrons. The van der Waals surface area contributed by atoms with E-state index >= 15 is 0 Å². The van der Waals surface area contributed by atoms with E-state index < -0.39 is 11.6 Å². The maximum Gasteiger partial charge on any atom is 0.150 e. The highest BCUT2D eigenvalue weighted by Gasteiger charge is 2.14. The summed E-state index contributed by atoms with van der Waals surface area (Å²) in [6, 6.07) is 9.86. The zero-order valence-corrected chi connectivity index (χ0v) is 13.2. The highest BCUT2D eigenvalue weighted by molar-refractivity contribution is 9.10. The summed E-state index contributed by atoms with van der Waals surface area (Å²) >= 11 is 6.40. The van der Waals surface area contributed by atoms with Crippen molar-refractivity contribution in [3.8, 4) is 0 Å². The molecule has 1 nitrogen and oxygen atoms in total. The first-order valence-corrected chi connectivity index (χ1v) is 7.22. The Morgan fingerprint density at radius 3 is 2.00 bits per heavy atom. The molecule has 1 unspecified atom stereocenters. The number of halogens is 4. The van der Waals surface area contributed by atoms with Crippen LogP contribution in [0.15, 0.2) is 45.3 Å². The summed E-state index contributed by atoms with van der Waals surface area (Å²) in [5, 5.41) is 2.86. The zero-order chi connectivity index (χ0) is 14.0. The van der Waals surface area contributed by atoms with Crippen LogP contribution >= 0.6 is 31.9 Å². The molecule has 0 aliphatic carbocycles. The van der Waals surface area contributed by atoms with Crippen LogP contribution in [-0.4, -0.2) is 0 Å². The highest BCUT2D eigenvalue weighted by atomic mass is 79.9. The van der Waals surface area contributed by atoms with Crippen molar-refractivity contribution >= 4 is 37.5 Å². The maximum atomic E-state index is 13.7. The van der Waals surface area contributed by atoms with E-state index in [0.717, 1.165) is 10.0 Å². The molecule has 0 aromatic heterocycles. The van der Waals surface area contributed by atoms with Gasteiger partial charge in [-0.2, -0.15) is 0 Å². The lowest BCUT2D eigenvalue weighted by atomic mass is 10.1. The molecule has 0 aliphatic rings. The normalized spacial score (nSPS) is 12.3. The van der Waals surface area contributed by atoms with Gasteiger partial charge in [-0.05, 0) is 36.8 Å². The largest absolute Gasteiger partial charge is 0.374 e. The van der Waals surface area contributed by atoms with Crippen LogP contribution in [0, 0.1) is 11.6 Å². The van der Waals surface area contributed by atoms with Gasteiger partial charge < -0.3 is 5.32 Å². The third kappa shape index (κ3) is 3.54. The molecule has 1 N–H and O–H groups in total. The molecule has 0 heterocycles. The van der Waals surface area contributed by atoms with Gasteiger partial charge in [0.05, 0.1) is 0 Å². The molecular formula is C14H11Br2F2N. The fourth-order valence-corrected chi connectivity index (χ4v) is 2.40. The number of hydrogen-bond acceptors (Lipinski definition) is 1. The Morgan fingerprint density at radius 1 is 0.947 bits per heavy atom. The first-order chi connectivity index (χ1) is 8.97. The molecule has 1 atom stereocenters. The van der Waals surface area contributed by atoms with Crippen molar-refractivity contribution in [2.24, 2.45) is 0 Å². The van der Waals surface area contributed by atoms with Crippen molar-refractivity contribution in [1.29, 1.82) is 0 Å². The molecule has 5 heteroatoms. The van der Waals surface area contributed by atoms with Gasteiger partial charge in [-0.3, -0.25) is 0 Å². The van der Waals surface area contributed by atoms with E-state index in [1.807, 2.05) is 31.2 Å². The average Bonchev–Trinajstić information content (AvgIpc) is 2.34. The van der Waals surface area contributed by atoms with E-state index in [0.29, 0.717) is 4.47 Å². The van der Waals surface area contributed by atoms with E-state index in [4.69, 9.17) is 0 Å². The molecule has 0 amide bonds. The Bertz CT molecular complexity index is 561. The molecular weight excluding hydrogens is 380 g/mol. The van der Waals surface area contributed by atoms with Crippen LogP contribution in [0.1, 0.15) is 18.5 Å². The first kappa shape index (κ1) is 14.5. The number of rotatable bonds is 3. The predicted molar refractivity (Wildman–Crippen MR) is 80.2 cm³/mol. The molecule has 0 spiro atoms. The fraction of sp³-hybridized carbons (Fsp3) is 0.143. The minimum absolute atomic E-state index is 0.112. The summed E-state index contributed by atoms with van der Waals surface area (Å²) in [5.74, 6) is -1.23. The van der Waals surface area contributed by atoms with Crippen LogP contribution in [0.25, 0.3) is 0 Å². The van der Waals surface area contributed by atoms with Crippen molar-refractivity contribution in [2.75, 3.05) is 5.32 Å². The molecule has 2 aromatic carbocycles. The van der Waals surface area contributed by atoms with Crippen LogP contribution < -0.4 is 5.32 Å². The molecule has 0 bridgehead atoms. The Morgan fingerprint density at radius 2 is 1.47 bits per heavy atom. The van der Waals surface area contributed by atoms with E-state index in [1.54, 1.807) is 0 Å². The second kappa shape index (κ2) is 6.01. The van der Waals surface area contributed by atoms with Gasteiger partial charge in [-0.15, -0.1) is 0 Å². The van der Waals surface area contributed by atoms with Gasteiger partial charge in [0.25, 0.3) is 0 Å².